The molecule has 2 amide bonds. The van der Waals surface area contributed by atoms with E-state index in [1.165, 1.54) is 6.21 Å². The molecule has 0 spiro atoms. The average molecular weight is 139 g/mol. The Hall–Kier alpha value is -1.37. The number of rotatable bonds is 2. The van der Waals surface area contributed by atoms with Crippen LogP contribution in [0.1, 0.15) is 13.3 Å². The van der Waals surface area contributed by atoms with Crippen molar-refractivity contribution in [1.82, 2.24) is 5.32 Å². The summed E-state index contributed by atoms with van der Waals surface area (Å²) in [5.74, 6) is 0. The highest BCUT2D eigenvalue weighted by Crippen LogP contribution is 1.73. The highest BCUT2D eigenvalue weighted by atomic mass is 16.2. The van der Waals surface area contributed by atoms with Crippen LogP contribution < -0.4 is 5.32 Å². The molecule has 0 saturated carbocycles. The van der Waals surface area contributed by atoms with Gasteiger partial charge in [0.1, 0.15) is 6.54 Å². The molecule has 0 radical (unpaired) electrons. The van der Waals surface area contributed by atoms with Crippen molar-refractivity contribution < 1.29 is 4.79 Å². The molecule has 4 heteroatoms. The minimum atomic E-state index is -0.455. The molecule has 0 aromatic heterocycles. The van der Waals surface area contributed by atoms with Gasteiger partial charge >= 0.3 is 6.03 Å². The Morgan fingerprint density at radius 2 is 2.60 bits per heavy atom. The maximum absolute atomic E-state index is 10.5. The van der Waals surface area contributed by atoms with Gasteiger partial charge in [0.05, 0.1) is 6.07 Å². The number of hydrogen-bond donors (Lipinski definition) is 1. The van der Waals surface area contributed by atoms with E-state index in [9.17, 15) is 4.79 Å². The topological polar surface area (TPSA) is 65.2 Å². The smallest absolute Gasteiger partial charge is 0.323 e. The summed E-state index contributed by atoms with van der Waals surface area (Å²) in [6.07, 6.45) is 2.21. The van der Waals surface area contributed by atoms with Crippen LogP contribution in [-0.4, -0.2) is 18.8 Å². The largest absolute Gasteiger partial charge is 0.341 e. The van der Waals surface area contributed by atoms with Crippen LogP contribution in [0.4, 0.5) is 4.79 Å². The summed E-state index contributed by atoms with van der Waals surface area (Å²) in [5, 5.41) is 10.3. The summed E-state index contributed by atoms with van der Waals surface area (Å²) in [4.78, 5) is 14.0. The lowest BCUT2D eigenvalue weighted by Crippen LogP contribution is -2.19. The van der Waals surface area contributed by atoms with E-state index in [0.717, 1.165) is 6.42 Å². The van der Waals surface area contributed by atoms with Crippen molar-refractivity contribution in [3.8, 4) is 6.07 Å². The van der Waals surface area contributed by atoms with Crippen LogP contribution >= 0.6 is 0 Å². The van der Waals surface area contributed by atoms with E-state index in [0.29, 0.717) is 0 Å². The predicted molar refractivity (Wildman–Crippen MR) is 37.8 cm³/mol. The lowest BCUT2D eigenvalue weighted by Gasteiger charge is -1.89. The highest BCUT2D eigenvalue weighted by Gasteiger charge is 1.90. The van der Waals surface area contributed by atoms with Crippen LogP contribution in [-0.2, 0) is 0 Å². The Morgan fingerprint density at radius 3 is 3.10 bits per heavy atom. The Kier molecular flexibility index (Phi) is 4.97. The number of nitrogens with one attached hydrogen (secondary N) is 1. The standard InChI is InChI=1S/C6H9N3O/c1-2-4-8-6(10)9-5-3-7/h4H,2,5H2,1H3,(H,9,10). The Morgan fingerprint density at radius 1 is 1.90 bits per heavy atom. The number of nitrogens with zero attached hydrogens (tertiary/aromatic N) is 2. The van der Waals surface area contributed by atoms with Gasteiger partial charge in [-0.25, -0.2) is 9.79 Å². The van der Waals surface area contributed by atoms with Crippen molar-refractivity contribution in [3.63, 3.8) is 0 Å². The van der Waals surface area contributed by atoms with Crippen LogP contribution in [0.15, 0.2) is 4.99 Å². The molecule has 0 aliphatic carbocycles. The summed E-state index contributed by atoms with van der Waals surface area (Å²) in [6, 6.07) is 1.31. The van der Waals surface area contributed by atoms with Crippen molar-refractivity contribution in [2.24, 2.45) is 4.99 Å². The van der Waals surface area contributed by atoms with Crippen molar-refractivity contribution in [3.05, 3.63) is 0 Å². The molecule has 4 nitrogen and oxygen atoms in total. The minimum Gasteiger partial charge on any atom is -0.323 e. The SMILES string of the molecule is CCC=NC(=O)NCC#N. The predicted octanol–water partition coefficient (Wildman–Crippen LogP) is 0.700. The second-order valence-electron chi connectivity index (χ2n) is 1.54. The van der Waals surface area contributed by atoms with Gasteiger partial charge in [0.15, 0.2) is 0 Å². The molecule has 0 bridgehead atoms. The molecule has 0 unspecified atom stereocenters. The molecule has 54 valence electrons. The summed E-state index contributed by atoms with van der Waals surface area (Å²) in [7, 11) is 0. The van der Waals surface area contributed by atoms with Crippen molar-refractivity contribution >= 4 is 12.2 Å². The molecule has 0 aromatic carbocycles. The van der Waals surface area contributed by atoms with Gasteiger partial charge in [-0.1, -0.05) is 6.92 Å². The number of amides is 2. The zero-order chi connectivity index (χ0) is 7.82. The molecule has 0 aliphatic rings. The summed E-state index contributed by atoms with van der Waals surface area (Å²) in [5.41, 5.74) is 0. The van der Waals surface area contributed by atoms with Crippen molar-refractivity contribution in [1.29, 1.82) is 5.26 Å². The molecular weight excluding hydrogens is 130 g/mol. The Bertz CT molecular complexity index is 168. The van der Waals surface area contributed by atoms with E-state index >= 15 is 0 Å². The maximum atomic E-state index is 10.5. The third kappa shape index (κ3) is 4.78. The van der Waals surface area contributed by atoms with Gasteiger partial charge in [-0.3, -0.25) is 0 Å². The van der Waals surface area contributed by atoms with Gasteiger partial charge in [0.2, 0.25) is 0 Å². The van der Waals surface area contributed by atoms with E-state index in [-0.39, 0.29) is 6.54 Å². The van der Waals surface area contributed by atoms with Gasteiger partial charge in [0.25, 0.3) is 0 Å². The van der Waals surface area contributed by atoms with Gasteiger partial charge in [-0.15, -0.1) is 0 Å². The van der Waals surface area contributed by atoms with Crippen molar-refractivity contribution in [2.75, 3.05) is 6.54 Å². The molecule has 0 rings (SSSR count). The molecule has 0 heterocycles. The van der Waals surface area contributed by atoms with Crippen LogP contribution in [0.5, 0.6) is 0 Å². The first-order valence-electron chi connectivity index (χ1n) is 2.98. The van der Waals surface area contributed by atoms with Crippen LogP contribution in [0, 0.1) is 11.3 Å². The van der Waals surface area contributed by atoms with Crippen molar-refractivity contribution in [2.45, 2.75) is 13.3 Å². The lowest BCUT2D eigenvalue weighted by atomic mass is 10.5. The van der Waals surface area contributed by atoms with Gasteiger partial charge in [-0.2, -0.15) is 5.26 Å². The molecule has 0 aromatic rings. The summed E-state index contributed by atoms with van der Waals surface area (Å²) < 4.78 is 0. The number of hydrogen-bond acceptors (Lipinski definition) is 2. The number of urea groups is 1. The van der Waals surface area contributed by atoms with E-state index in [1.54, 1.807) is 6.07 Å². The number of nitriles is 1. The van der Waals surface area contributed by atoms with Gasteiger partial charge < -0.3 is 5.32 Å². The quantitative estimate of drug-likeness (QED) is 0.452. The number of aliphatic imine (C=N–C) groups is 1. The summed E-state index contributed by atoms with van der Waals surface area (Å²) in [6.45, 7) is 1.89. The molecule has 0 saturated heterocycles. The Labute approximate surface area is 59.6 Å². The first-order chi connectivity index (χ1) is 4.81. The second-order valence-corrected chi connectivity index (χ2v) is 1.54. The first kappa shape index (κ1) is 8.63. The zero-order valence-electron chi connectivity index (χ0n) is 5.79. The van der Waals surface area contributed by atoms with E-state index < -0.39 is 6.03 Å². The molecular formula is C6H9N3O. The molecule has 0 atom stereocenters. The average Bonchev–Trinajstić information content (AvgIpc) is 1.97. The number of carbonyl (C=O) groups excluding carboxylic acids is 1. The van der Waals surface area contributed by atoms with Crippen LogP contribution in [0.3, 0.4) is 0 Å². The fraction of sp³-hybridized carbons (Fsp3) is 0.500. The Balaban J connectivity index is 3.46. The molecule has 0 aliphatic heterocycles. The first-order valence-corrected chi connectivity index (χ1v) is 2.98. The molecule has 1 N–H and O–H groups in total. The fourth-order valence-corrected chi connectivity index (χ4v) is 0.335. The third-order valence-electron chi connectivity index (χ3n) is 0.710. The van der Waals surface area contributed by atoms with E-state index in [4.69, 9.17) is 5.26 Å². The molecule has 10 heavy (non-hydrogen) atoms. The second kappa shape index (κ2) is 5.76. The number of carbonyl (C=O) groups is 1. The monoisotopic (exact) mass is 139 g/mol. The fourth-order valence-electron chi connectivity index (χ4n) is 0.335. The van der Waals surface area contributed by atoms with Crippen LogP contribution in [0.25, 0.3) is 0 Å². The van der Waals surface area contributed by atoms with Gasteiger partial charge in [0, 0.05) is 6.21 Å². The normalized spacial score (nSPS) is 9.20. The maximum Gasteiger partial charge on any atom is 0.341 e. The van der Waals surface area contributed by atoms with Gasteiger partial charge in [-0.05, 0) is 6.42 Å². The van der Waals surface area contributed by atoms with E-state index in [1.807, 2.05) is 6.92 Å². The highest BCUT2D eigenvalue weighted by molar-refractivity contribution is 5.83. The van der Waals surface area contributed by atoms with E-state index in [2.05, 4.69) is 10.3 Å². The summed E-state index contributed by atoms with van der Waals surface area (Å²) >= 11 is 0. The molecule has 0 fully saturated rings. The van der Waals surface area contributed by atoms with Crippen LogP contribution in [0.2, 0.25) is 0 Å². The zero-order valence-corrected chi connectivity index (χ0v) is 5.79. The third-order valence-corrected chi connectivity index (χ3v) is 0.710. The lowest BCUT2D eigenvalue weighted by molar-refractivity contribution is 0.250. The minimum absolute atomic E-state index is 0.0138.